The summed E-state index contributed by atoms with van der Waals surface area (Å²) in [4.78, 5) is 21.9. The van der Waals surface area contributed by atoms with Crippen LogP contribution in [0.25, 0.3) is 0 Å². The van der Waals surface area contributed by atoms with Crippen molar-refractivity contribution in [2.75, 3.05) is 13.2 Å². The third-order valence-electron chi connectivity index (χ3n) is 1.38. The topological polar surface area (TPSA) is 72.8 Å². The van der Waals surface area contributed by atoms with Gasteiger partial charge >= 0.3 is 11.9 Å². The molecule has 90 valence electrons. The van der Waals surface area contributed by atoms with E-state index in [1.165, 1.54) is 6.92 Å². The molecule has 1 N–H and O–H groups in total. The number of hydrogen-bond acceptors (Lipinski definition) is 5. The maximum atomic E-state index is 10.9. The van der Waals surface area contributed by atoms with Crippen molar-refractivity contribution in [3.63, 3.8) is 0 Å². The largest absolute Gasteiger partial charge is 0.459 e. The predicted molar refractivity (Wildman–Crippen MR) is 65.9 cm³/mol. The quantitative estimate of drug-likeness (QED) is 0.443. The number of carbonyl (C=O) groups excluding carboxylic acids is 2. The highest BCUT2D eigenvalue weighted by Gasteiger charge is 2.12. The van der Waals surface area contributed by atoms with Gasteiger partial charge in [0, 0.05) is 5.57 Å². The molecule has 0 unspecified atom stereocenters. The van der Waals surface area contributed by atoms with Crippen molar-refractivity contribution in [2.45, 2.75) is 13.0 Å². The van der Waals surface area contributed by atoms with Crippen LogP contribution in [0.1, 0.15) is 6.92 Å². The van der Waals surface area contributed by atoms with Crippen LogP contribution in [0.15, 0.2) is 22.3 Å². The Labute approximate surface area is 107 Å². The second kappa shape index (κ2) is 7.39. The SMILES string of the molecule is C=C(C)C(=O)OC[C@H](O)COC(=O)C(=C)I. The van der Waals surface area contributed by atoms with Crippen molar-refractivity contribution >= 4 is 34.5 Å². The minimum Gasteiger partial charge on any atom is -0.459 e. The molecular formula is C10H13IO5. The average molecular weight is 340 g/mol. The van der Waals surface area contributed by atoms with E-state index in [0.717, 1.165) is 0 Å². The molecule has 0 fully saturated rings. The second-order valence-electron chi connectivity index (χ2n) is 3.04. The molecule has 0 radical (unpaired) electrons. The Hall–Kier alpha value is -0.890. The Morgan fingerprint density at radius 1 is 1.25 bits per heavy atom. The predicted octanol–water partition coefficient (Wildman–Crippen LogP) is 0.959. The molecular weight excluding hydrogens is 327 g/mol. The third-order valence-corrected chi connectivity index (χ3v) is 1.82. The molecule has 0 bridgehead atoms. The number of aliphatic hydroxyl groups is 1. The van der Waals surface area contributed by atoms with Gasteiger partial charge in [0.05, 0.1) is 3.58 Å². The summed E-state index contributed by atoms with van der Waals surface area (Å²) in [6.07, 6.45) is -1.05. The minimum absolute atomic E-state index is 0.212. The maximum absolute atomic E-state index is 10.9. The fourth-order valence-corrected chi connectivity index (χ4v) is 0.749. The molecule has 16 heavy (non-hydrogen) atoms. The highest BCUT2D eigenvalue weighted by molar-refractivity contribution is 14.1. The van der Waals surface area contributed by atoms with E-state index >= 15 is 0 Å². The first-order valence-corrected chi connectivity index (χ1v) is 5.44. The molecule has 0 aromatic rings. The Balaban J connectivity index is 3.79. The lowest BCUT2D eigenvalue weighted by Gasteiger charge is -2.11. The van der Waals surface area contributed by atoms with E-state index in [-0.39, 0.29) is 22.4 Å². The summed E-state index contributed by atoms with van der Waals surface area (Å²) < 4.78 is 9.51. The smallest absolute Gasteiger partial charge is 0.343 e. The van der Waals surface area contributed by atoms with Crippen LogP contribution in [0.2, 0.25) is 0 Å². The lowest BCUT2D eigenvalue weighted by molar-refractivity contribution is -0.146. The van der Waals surface area contributed by atoms with E-state index in [1.807, 2.05) is 0 Å². The van der Waals surface area contributed by atoms with Gasteiger partial charge in [-0.15, -0.1) is 0 Å². The zero-order valence-corrected chi connectivity index (χ0v) is 11.0. The zero-order valence-electron chi connectivity index (χ0n) is 8.86. The number of halogens is 1. The summed E-state index contributed by atoms with van der Waals surface area (Å²) in [7, 11) is 0. The number of esters is 2. The lowest BCUT2D eigenvalue weighted by Crippen LogP contribution is -2.25. The molecule has 0 aromatic heterocycles. The van der Waals surface area contributed by atoms with Crippen LogP contribution in [-0.2, 0) is 19.1 Å². The number of rotatable bonds is 6. The van der Waals surface area contributed by atoms with E-state index in [0.29, 0.717) is 0 Å². The number of carbonyl (C=O) groups is 2. The number of hydrogen-bond donors (Lipinski definition) is 1. The van der Waals surface area contributed by atoms with E-state index in [4.69, 9.17) is 0 Å². The van der Waals surface area contributed by atoms with Crippen LogP contribution < -0.4 is 0 Å². The molecule has 0 aliphatic rings. The molecule has 5 nitrogen and oxygen atoms in total. The summed E-state index contributed by atoms with van der Waals surface area (Å²) in [6, 6.07) is 0. The van der Waals surface area contributed by atoms with E-state index in [9.17, 15) is 14.7 Å². The van der Waals surface area contributed by atoms with Gasteiger partial charge in [-0.1, -0.05) is 13.2 Å². The lowest BCUT2D eigenvalue weighted by atomic mass is 10.3. The summed E-state index contributed by atoms with van der Waals surface area (Å²) in [5.74, 6) is -1.20. The van der Waals surface area contributed by atoms with E-state index < -0.39 is 18.0 Å². The zero-order chi connectivity index (χ0) is 12.7. The van der Waals surface area contributed by atoms with Crippen molar-refractivity contribution in [1.82, 2.24) is 0 Å². The molecule has 0 spiro atoms. The average Bonchev–Trinajstić information content (AvgIpc) is 2.21. The molecule has 0 aliphatic carbocycles. The van der Waals surface area contributed by atoms with Crippen LogP contribution in [0.4, 0.5) is 0 Å². The van der Waals surface area contributed by atoms with Crippen molar-refractivity contribution in [3.05, 3.63) is 22.3 Å². The normalized spacial score (nSPS) is 11.4. The van der Waals surface area contributed by atoms with Gasteiger partial charge in [0.15, 0.2) is 0 Å². The summed E-state index contributed by atoms with van der Waals surface area (Å²) in [5.41, 5.74) is 0.241. The third kappa shape index (κ3) is 6.57. The molecule has 0 saturated heterocycles. The molecule has 0 aromatic carbocycles. The van der Waals surface area contributed by atoms with Crippen molar-refractivity contribution < 1.29 is 24.2 Å². The molecule has 1 atom stereocenters. The van der Waals surface area contributed by atoms with Gasteiger partial charge in [0.1, 0.15) is 19.3 Å². The van der Waals surface area contributed by atoms with Crippen molar-refractivity contribution in [3.8, 4) is 0 Å². The van der Waals surface area contributed by atoms with Crippen LogP contribution in [0, 0.1) is 0 Å². The Bertz CT molecular complexity index is 280. The van der Waals surface area contributed by atoms with Gasteiger partial charge in [-0.25, -0.2) is 9.59 Å². The van der Waals surface area contributed by atoms with Gasteiger partial charge in [-0.2, -0.15) is 0 Å². The van der Waals surface area contributed by atoms with Gasteiger partial charge in [-0.05, 0) is 29.5 Å². The first kappa shape index (κ1) is 15.1. The van der Waals surface area contributed by atoms with Gasteiger partial charge < -0.3 is 14.6 Å². The molecule has 0 amide bonds. The molecule has 0 aliphatic heterocycles. The minimum atomic E-state index is -1.05. The maximum Gasteiger partial charge on any atom is 0.343 e. The van der Waals surface area contributed by atoms with E-state index in [2.05, 4.69) is 22.6 Å². The molecule has 0 heterocycles. The first-order chi connectivity index (χ1) is 7.34. The Morgan fingerprint density at radius 2 is 1.69 bits per heavy atom. The fraction of sp³-hybridized carbons (Fsp3) is 0.400. The van der Waals surface area contributed by atoms with Crippen LogP contribution in [0.5, 0.6) is 0 Å². The van der Waals surface area contributed by atoms with Crippen LogP contribution in [-0.4, -0.2) is 36.4 Å². The monoisotopic (exact) mass is 340 g/mol. The first-order valence-electron chi connectivity index (χ1n) is 4.36. The summed E-state index contributed by atoms with van der Waals surface area (Å²) >= 11 is 1.71. The highest BCUT2D eigenvalue weighted by Crippen LogP contribution is 2.04. The van der Waals surface area contributed by atoms with Crippen molar-refractivity contribution in [1.29, 1.82) is 0 Å². The van der Waals surface area contributed by atoms with Crippen LogP contribution in [0.3, 0.4) is 0 Å². The number of aliphatic hydroxyl groups excluding tert-OH is 1. The molecule has 0 rings (SSSR count). The van der Waals surface area contributed by atoms with Gasteiger partial charge in [-0.3, -0.25) is 0 Å². The second-order valence-corrected chi connectivity index (χ2v) is 4.34. The van der Waals surface area contributed by atoms with E-state index in [1.54, 1.807) is 22.6 Å². The van der Waals surface area contributed by atoms with Crippen molar-refractivity contribution in [2.24, 2.45) is 0 Å². The van der Waals surface area contributed by atoms with Gasteiger partial charge in [0.2, 0.25) is 0 Å². The highest BCUT2D eigenvalue weighted by atomic mass is 127. The Morgan fingerprint density at radius 3 is 2.06 bits per heavy atom. The number of ether oxygens (including phenoxy) is 2. The fourth-order valence-electron chi connectivity index (χ4n) is 0.593. The standard InChI is InChI=1S/C10H13IO5/c1-6(2)9(13)15-4-8(12)5-16-10(14)7(3)11/h8,12H,1,3-5H2,2H3/t8-/m0/s1. The van der Waals surface area contributed by atoms with Crippen LogP contribution >= 0.6 is 22.6 Å². The summed E-state index contributed by atoms with van der Waals surface area (Å²) in [6.45, 7) is 7.75. The molecule has 6 heteroatoms. The summed E-state index contributed by atoms with van der Waals surface area (Å²) in [5, 5.41) is 9.29. The Kier molecular flexibility index (Phi) is 6.98. The molecule has 0 saturated carbocycles. The van der Waals surface area contributed by atoms with Gasteiger partial charge in [0.25, 0.3) is 0 Å².